The fourth-order valence-electron chi connectivity index (χ4n) is 5.86. The number of carbonyl (C=O) groups excluding carboxylic acids is 2. The fraction of sp³-hybridized carbons (Fsp3) is 0.515. The maximum atomic E-state index is 14.1. The number of hydrogen-bond donors (Lipinski definition) is 2. The van der Waals surface area contributed by atoms with Crippen LogP contribution in [0.4, 0.5) is 0 Å². The van der Waals surface area contributed by atoms with Gasteiger partial charge in [0.2, 0.25) is 0 Å². The molecule has 0 bridgehead atoms. The van der Waals surface area contributed by atoms with Crippen molar-refractivity contribution in [3.8, 4) is 17.2 Å². The zero-order valence-electron chi connectivity index (χ0n) is 24.6. The highest BCUT2D eigenvalue weighted by Gasteiger charge is 2.50. The summed E-state index contributed by atoms with van der Waals surface area (Å²) >= 11 is 0. The first kappa shape index (κ1) is 29.8. The van der Waals surface area contributed by atoms with Crippen molar-refractivity contribution in [2.24, 2.45) is 11.8 Å². The summed E-state index contributed by atoms with van der Waals surface area (Å²) in [5, 5.41) is 20.7. The molecule has 4 rings (SSSR count). The molecule has 0 radical (unpaired) electrons. The van der Waals surface area contributed by atoms with E-state index in [0.717, 1.165) is 11.9 Å². The summed E-state index contributed by atoms with van der Waals surface area (Å²) < 4.78 is 19.6. The molecule has 2 N–H and O–H groups in total. The van der Waals surface area contributed by atoms with Gasteiger partial charge in [0.1, 0.15) is 40.8 Å². The Kier molecular flexibility index (Phi) is 8.48. The quantitative estimate of drug-likeness (QED) is 0.291. The van der Waals surface area contributed by atoms with Crippen LogP contribution in [0.3, 0.4) is 0 Å². The van der Waals surface area contributed by atoms with E-state index in [0.29, 0.717) is 47.5 Å². The number of Topliss-reactive ketones (excluding diaryl/α,β-unsaturated/α-hetero) is 1. The first-order valence-electron chi connectivity index (χ1n) is 14.1. The maximum absolute atomic E-state index is 14.1. The van der Waals surface area contributed by atoms with Gasteiger partial charge in [-0.1, -0.05) is 29.9 Å². The third-order valence-corrected chi connectivity index (χ3v) is 8.03. The van der Waals surface area contributed by atoms with Crippen molar-refractivity contribution in [2.45, 2.75) is 91.1 Å². The number of allylic oxidation sites excluding steroid dienone is 3. The number of rotatable bonds is 9. The van der Waals surface area contributed by atoms with Gasteiger partial charge in [-0.25, -0.2) is 0 Å². The van der Waals surface area contributed by atoms with Crippen molar-refractivity contribution in [3.63, 3.8) is 0 Å². The Morgan fingerprint density at radius 3 is 2.67 bits per heavy atom. The summed E-state index contributed by atoms with van der Waals surface area (Å²) in [6.07, 6.45) is 12.7. The van der Waals surface area contributed by atoms with E-state index in [-0.39, 0.29) is 35.7 Å². The Morgan fingerprint density at radius 1 is 1.30 bits per heavy atom. The smallest absolute Gasteiger partial charge is 0.199 e. The second kappa shape index (κ2) is 11.4. The molecule has 3 unspecified atom stereocenters. The normalized spacial score (nSPS) is 24.4. The van der Waals surface area contributed by atoms with Crippen molar-refractivity contribution in [1.29, 1.82) is 0 Å². The minimum Gasteiger partial charge on any atom is -0.506 e. The van der Waals surface area contributed by atoms with E-state index in [9.17, 15) is 19.8 Å². The molecule has 3 aliphatic rings. The van der Waals surface area contributed by atoms with Gasteiger partial charge in [0.05, 0.1) is 23.9 Å². The van der Waals surface area contributed by atoms with Crippen molar-refractivity contribution in [3.05, 3.63) is 58.2 Å². The molecule has 216 valence electrons. The molecule has 2 aliphatic heterocycles. The van der Waals surface area contributed by atoms with Gasteiger partial charge in [-0.2, -0.15) is 0 Å². The van der Waals surface area contributed by atoms with E-state index >= 15 is 0 Å². The zero-order chi connectivity index (χ0) is 29.4. The lowest BCUT2D eigenvalue weighted by Gasteiger charge is -2.46. The molecule has 4 atom stereocenters. The van der Waals surface area contributed by atoms with Gasteiger partial charge >= 0.3 is 0 Å². The lowest BCUT2D eigenvalue weighted by atomic mass is 9.70. The van der Waals surface area contributed by atoms with E-state index in [1.165, 1.54) is 0 Å². The van der Waals surface area contributed by atoms with Gasteiger partial charge in [0.15, 0.2) is 5.78 Å². The van der Waals surface area contributed by atoms with E-state index in [2.05, 4.69) is 0 Å². The van der Waals surface area contributed by atoms with Crippen molar-refractivity contribution < 1.29 is 34.0 Å². The van der Waals surface area contributed by atoms with Crippen LogP contribution >= 0.6 is 0 Å². The van der Waals surface area contributed by atoms with Crippen LogP contribution < -0.4 is 9.47 Å². The summed E-state index contributed by atoms with van der Waals surface area (Å²) in [5.74, 6) is -0.483. The molecule has 0 fully saturated rings. The molecule has 0 spiro atoms. The molecule has 1 aromatic rings. The summed E-state index contributed by atoms with van der Waals surface area (Å²) in [6.45, 7) is 13.5. The Labute approximate surface area is 237 Å². The van der Waals surface area contributed by atoms with Crippen LogP contribution in [0.2, 0.25) is 0 Å². The molecule has 7 heteroatoms. The number of aromatic hydroxyl groups is 1. The van der Waals surface area contributed by atoms with Gasteiger partial charge in [-0.05, 0) is 79.9 Å². The van der Waals surface area contributed by atoms with Crippen LogP contribution in [0.15, 0.2) is 41.5 Å². The molecule has 7 nitrogen and oxygen atoms in total. The predicted octanol–water partition coefficient (Wildman–Crippen LogP) is 5.91. The predicted molar refractivity (Wildman–Crippen MR) is 155 cm³/mol. The third-order valence-electron chi connectivity index (χ3n) is 8.03. The number of benzene rings is 1. The number of phenols is 1. The maximum Gasteiger partial charge on any atom is 0.199 e. The van der Waals surface area contributed by atoms with Gasteiger partial charge in [-0.15, -0.1) is 0 Å². The minimum absolute atomic E-state index is 0.00582. The van der Waals surface area contributed by atoms with E-state index in [4.69, 9.17) is 14.2 Å². The number of ketones is 1. The summed E-state index contributed by atoms with van der Waals surface area (Å²) in [6, 6.07) is 0. The van der Waals surface area contributed by atoms with Crippen LogP contribution in [0.1, 0.15) is 82.8 Å². The first-order valence-corrected chi connectivity index (χ1v) is 14.1. The standard InChI is InChI=1S/C33H42O7/c1-8-9-10-23-29-22(13-14-32(4,5)40-29)27(36)26-28(37)24-15-21(18-35)16-25(30(24)38-31(23)26)33(6,7)39-20(3)12-11-19(2)17-34/h8-9,11,13-15,18,20-21,25,30,34,36H,10,12,16-17H2,1-7H3/b9-8-,19-11+/t20?,21?,25-,30?/m0/s1. The van der Waals surface area contributed by atoms with E-state index in [1.807, 2.05) is 72.8 Å². The fourth-order valence-corrected chi connectivity index (χ4v) is 5.86. The van der Waals surface area contributed by atoms with Crippen LogP contribution in [-0.4, -0.2) is 52.3 Å². The monoisotopic (exact) mass is 550 g/mol. The molecule has 1 aromatic carbocycles. The molecule has 0 aromatic heterocycles. The Hall–Kier alpha value is -3.16. The highest BCUT2D eigenvalue weighted by Crippen LogP contribution is 2.53. The Morgan fingerprint density at radius 2 is 2.02 bits per heavy atom. The number of carbonyl (C=O) groups is 2. The van der Waals surface area contributed by atoms with Gasteiger partial charge in [-0.3, -0.25) is 4.79 Å². The lowest BCUT2D eigenvalue weighted by Crippen LogP contribution is -2.51. The van der Waals surface area contributed by atoms with E-state index in [1.54, 1.807) is 12.2 Å². The largest absolute Gasteiger partial charge is 0.506 e. The molecule has 0 saturated carbocycles. The van der Waals surface area contributed by atoms with Crippen molar-refractivity contribution >= 4 is 18.1 Å². The number of aldehydes is 1. The lowest BCUT2D eigenvalue weighted by molar-refractivity contribution is -0.127. The number of aliphatic hydroxyl groups excluding tert-OH is 1. The van der Waals surface area contributed by atoms with Crippen LogP contribution in [0.5, 0.6) is 17.2 Å². The van der Waals surface area contributed by atoms with Gasteiger partial charge in [0.25, 0.3) is 0 Å². The summed E-state index contributed by atoms with van der Waals surface area (Å²) in [4.78, 5) is 26.1. The van der Waals surface area contributed by atoms with Crippen LogP contribution in [0.25, 0.3) is 6.08 Å². The van der Waals surface area contributed by atoms with E-state index < -0.39 is 23.2 Å². The van der Waals surface area contributed by atoms with Crippen LogP contribution in [-0.2, 0) is 16.0 Å². The molecular formula is C33H42O7. The number of aliphatic hydroxyl groups is 1. The second-order valence-corrected chi connectivity index (χ2v) is 12.2. The van der Waals surface area contributed by atoms with Crippen molar-refractivity contribution in [2.75, 3.05) is 6.61 Å². The molecule has 40 heavy (non-hydrogen) atoms. The third kappa shape index (κ3) is 5.68. The van der Waals surface area contributed by atoms with Gasteiger partial charge in [0, 0.05) is 23.0 Å². The highest BCUT2D eigenvalue weighted by molar-refractivity contribution is 6.15. The van der Waals surface area contributed by atoms with Crippen molar-refractivity contribution in [1.82, 2.24) is 0 Å². The first-order chi connectivity index (χ1) is 18.8. The number of fused-ring (bicyclic) bond motifs is 3. The average molecular weight is 551 g/mol. The molecule has 1 aliphatic carbocycles. The van der Waals surface area contributed by atoms with Crippen LogP contribution in [0, 0.1) is 11.8 Å². The highest BCUT2D eigenvalue weighted by atomic mass is 16.5. The second-order valence-electron chi connectivity index (χ2n) is 12.2. The molecule has 0 amide bonds. The van der Waals surface area contributed by atoms with Gasteiger partial charge < -0.3 is 29.2 Å². The topological polar surface area (TPSA) is 102 Å². The zero-order valence-corrected chi connectivity index (χ0v) is 24.6. The Bertz CT molecular complexity index is 1290. The number of hydrogen-bond acceptors (Lipinski definition) is 7. The molecule has 0 saturated heterocycles. The molecular weight excluding hydrogens is 508 g/mol. The minimum atomic E-state index is -0.759. The number of phenolic OH excluding ortho intramolecular Hbond substituents is 1. The summed E-state index contributed by atoms with van der Waals surface area (Å²) in [5.41, 5.74) is 1.15. The Balaban J connectivity index is 1.81. The molecule has 2 heterocycles. The number of ether oxygens (including phenoxy) is 3. The average Bonchev–Trinajstić information content (AvgIpc) is 2.90. The SMILES string of the molecule is C/C=C\Cc1c2c(c(O)c3c1OC1C(=CC(C=O)C[C@@H]1C(C)(C)OC(C)C/C=C(\C)CO)C3=O)C=CC(C)(C)O2. The summed E-state index contributed by atoms with van der Waals surface area (Å²) in [7, 11) is 0.